The fraction of sp³-hybridized carbons (Fsp3) is 0.133. The van der Waals surface area contributed by atoms with Gasteiger partial charge in [0.2, 0.25) is 6.29 Å². The van der Waals surface area contributed by atoms with Crippen LogP contribution in [0.15, 0.2) is 47.7 Å². The van der Waals surface area contributed by atoms with Gasteiger partial charge in [-0.05, 0) is 35.9 Å². The standard InChI is InChI=1S/C15H13N3O3/c1-10-20-13-6-5-11(8-14(13)21-10)9-17-18-15(19)12-4-2-3-7-16-12/h2-10H,1H3,(H,18,19)/b17-9-/t10-/m1/s1. The second kappa shape index (κ2) is 5.62. The molecule has 0 bridgehead atoms. The average Bonchev–Trinajstić information content (AvgIpc) is 2.87. The maximum Gasteiger partial charge on any atom is 0.289 e. The summed E-state index contributed by atoms with van der Waals surface area (Å²) in [5, 5.41) is 3.90. The van der Waals surface area contributed by atoms with Crippen molar-refractivity contribution in [3.05, 3.63) is 53.9 Å². The first kappa shape index (κ1) is 13.1. The van der Waals surface area contributed by atoms with Crippen molar-refractivity contribution in [3.8, 4) is 11.5 Å². The first-order chi connectivity index (χ1) is 10.2. The highest BCUT2D eigenvalue weighted by atomic mass is 16.7. The van der Waals surface area contributed by atoms with Crippen LogP contribution in [0.3, 0.4) is 0 Å². The van der Waals surface area contributed by atoms with Gasteiger partial charge in [0, 0.05) is 13.1 Å². The first-order valence-electron chi connectivity index (χ1n) is 6.44. The molecule has 0 saturated carbocycles. The molecule has 0 spiro atoms. The molecule has 0 saturated heterocycles. The molecule has 0 fully saturated rings. The van der Waals surface area contributed by atoms with Gasteiger partial charge in [0.15, 0.2) is 11.5 Å². The number of hydrazone groups is 1. The number of benzene rings is 1. The lowest BCUT2D eigenvalue weighted by Crippen LogP contribution is -2.18. The molecule has 106 valence electrons. The Bertz CT molecular complexity index is 686. The summed E-state index contributed by atoms with van der Waals surface area (Å²) in [6.07, 6.45) is 2.81. The van der Waals surface area contributed by atoms with Crippen molar-refractivity contribution in [2.24, 2.45) is 5.10 Å². The third kappa shape index (κ3) is 3.00. The van der Waals surface area contributed by atoms with E-state index in [1.807, 2.05) is 13.0 Å². The number of hydrogen-bond acceptors (Lipinski definition) is 5. The lowest BCUT2D eigenvalue weighted by Gasteiger charge is -2.00. The third-order valence-corrected chi connectivity index (χ3v) is 2.83. The van der Waals surface area contributed by atoms with E-state index < -0.39 is 0 Å². The molecule has 0 unspecified atom stereocenters. The van der Waals surface area contributed by atoms with Crippen LogP contribution < -0.4 is 14.9 Å². The zero-order valence-electron chi connectivity index (χ0n) is 11.3. The number of nitrogens with zero attached hydrogens (tertiary/aromatic N) is 2. The number of carbonyl (C=O) groups is 1. The van der Waals surface area contributed by atoms with Crippen LogP contribution in [0.25, 0.3) is 0 Å². The summed E-state index contributed by atoms with van der Waals surface area (Å²) in [5.74, 6) is 1.01. The minimum absolute atomic E-state index is 0.281. The molecule has 1 aromatic heterocycles. The van der Waals surface area contributed by atoms with Gasteiger partial charge >= 0.3 is 0 Å². The number of amides is 1. The van der Waals surface area contributed by atoms with Crippen LogP contribution >= 0.6 is 0 Å². The second-order valence-corrected chi connectivity index (χ2v) is 4.42. The third-order valence-electron chi connectivity index (χ3n) is 2.83. The molecule has 1 amide bonds. The summed E-state index contributed by atoms with van der Waals surface area (Å²) in [6.45, 7) is 1.82. The maximum absolute atomic E-state index is 11.7. The molecular weight excluding hydrogens is 270 g/mol. The highest BCUT2D eigenvalue weighted by Gasteiger charge is 2.19. The monoisotopic (exact) mass is 283 g/mol. The number of nitrogens with one attached hydrogen (secondary N) is 1. The van der Waals surface area contributed by atoms with E-state index in [1.54, 1.807) is 36.5 Å². The van der Waals surface area contributed by atoms with Gasteiger partial charge in [0.05, 0.1) is 6.21 Å². The Balaban J connectivity index is 1.65. The fourth-order valence-corrected chi connectivity index (χ4v) is 1.90. The highest BCUT2D eigenvalue weighted by Crippen LogP contribution is 2.34. The molecule has 6 heteroatoms. The van der Waals surface area contributed by atoms with E-state index >= 15 is 0 Å². The van der Waals surface area contributed by atoms with Gasteiger partial charge in [-0.3, -0.25) is 9.78 Å². The van der Waals surface area contributed by atoms with Crippen molar-refractivity contribution in [1.82, 2.24) is 10.4 Å². The van der Waals surface area contributed by atoms with Gasteiger partial charge in [-0.1, -0.05) is 6.07 Å². The van der Waals surface area contributed by atoms with E-state index in [2.05, 4.69) is 15.5 Å². The number of aromatic nitrogens is 1. The topological polar surface area (TPSA) is 72.8 Å². The Kier molecular flexibility index (Phi) is 3.51. The summed E-state index contributed by atoms with van der Waals surface area (Å²) >= 11 is 0. The van der Waals surface area contributed by atoms with Gasteiger partial charge in [-0.15, -0.1) is 0 Å². The molecule has 0 aliphatic carbocycles. The lowest BCUT2D eigenvalue weighted by atomic mass is 10.2. The summed E-state index contributed by atoms with van der Waals surface area (Å²) in [5.41, 5.74) is 3.53. The van der Waals surface area contributed by atoms with Crippen molar-refractivity contribution in [3.63, 3.8) is 0 Å². The van der Waals surface area contributed by atoms with Crippen molar-refractivity contribution in [1.29, 1.82) is 0 Å². The zero-order chi connectivity index (χ0) is 14.7. The van der Waals surface area contributed by atoms with Gasteiger partial charge in [0.25, 0.3) is 5.91 Å². The lowest BCUT2D eigenvalue weighted by molar-refractivity contribution is 0.0678. The Morgan fingerprint density at radius 1 is 1.29 bits per heavy atom. The molecule has 2 aromatic rings. The molecule has 3 rings (SSSR count). The van der Waals surface area contributed by atoms with Gasteiger partial charge in [-0.2, -0.15) is 5.10 Å². The fourth-order valence-electron chi connectivity index (χ4n) is 1.90. The van der Waals surface area contributed by atoms with Crippen molar-refractivity contribution >= 4 is 12.1 Å². The number of carbonyl (C=O) groups excluding carboxylic acids is 1. The Morgan fingerprint density at radius 2 is 2.14 bits per heavy atom. The van der Waals surface area contributed by atoms with Crippen LogP contribution in [0, 0.1) is 0 Å². The first-order valence-corrected chi connectivity index (χ1v) is 6.44. The molecule has 2 heterocycles. The molecule has 21 heavy (non-hydrogen) atoms. The Labute approximate surface area is 121 Å². The zero-order valence-corrected chi connectivity index (χ0v) is 11.3. The van der Waals surface area contributed by atoms with E-state index in [9.17, 15) is 4.79 Å². The van der Waals surface area contributed by atoms with Crippen molar-refractivity contribution in [2.75, 3.05) is 0 Å². The molecule has 1 aliphatic heterocycles. The molecule has 1 N–H and O–H groups in total. The van der Waals surface area contributed by atoms with Crippen molar-refractivity contribution in [2.45, 2.75) is 13.2 Å². The van der Waals surface area contributed by atoms with E-state index in [0.717, 1.165) is 5.56 Å². The van der Waals surface area contributed by atoms with Gasteiger partial charge < -0.3 is 9.47 Å². The van der Waals surface area contributed by atoms with E-state index in [1.165, 1.54) is 6.21 Å². The van der Waals surface area contributed by atoms with Crippen LogP contribution in [0.5, 0.6) is 11.5 Å². The number of pyridine rings is 1. The van der Waals surface area contributed by atoms with Crippen LogP contribution in [0.1, 0.15) is 23.0 Å². The molecular formula is C15H13N3O3. The molecule has 1 atom stereocenters. The largest absolute Gasteiger partial charge is 0.451 e. The van der Waals surface area contributed by atoms with Gasteiger partial charge in [-0.25, -0.2) is 5.43 Å². The normalized spacial score (nSPS) is 16.1. The number of fused-ring (bicyclic) bond motifs is 1. The Morgan fingerprint density at radius 3 is 2.95 bits per heavy atom. The minimum atomic E-state index is -0.360. The molecule has 6 nitrogen and oxygen atoms in total. The summed E-state index contributed by atoms with van der Waals surface area (Å²) in [6, 6.07) is 10.5. The van der Waals surface area contributed by atoms with Crippen LogP contribution in [-0.2, 0) is 0 Å². The van der Waals surface area contributed by atoms with Crippen molar-refractivity contribution < 1.29 is 14.3 Å². The van der Waals surface area contributed by atoms with E-state index in [4.69, 9.17) is 9.47 Å². The predicted octanol–water partition coefficient (Wildman–Crippen LogP) is 1.96. The Hall–Kier alpha value is -2.89. The van der Waals surface area contributed by atoms with Crippen LogP contribution in [-0.4, -0.2) is 23.4 Å². The smallest absolute Gasteiger partial charge is 0.289 e. The number of ether oxygens (including phenoxy) is 2. The van der Waals surface area contributed by atoms with E-state index in [0.29, 0.717) is 17.2 Å². The maximum atomic E-state index is 11.7. The molecule has 1 aromatic carbocycles. The van der Waals surface area contributed by atoms with Crippen LogP contribution in [0.2, 0.25) is 0 Å². The minimum Gasteiger partial charge on any atom is -0.451 e. The quantitative estimate of drug-likeness (QED) is 0.690. The molecule has 1 aliphatic rings. The molecule has 0 radical (unpaired) electrons. The van der Waals surface area contributed by atoms with E-state index in [-0.39, 0.29) is 12.2 Å². The predicted molar refractivity (Wildman–Crippen MR) is 76.5 cm³/mol. The number of hydrogen-bond donors (Lipinski definition) is 1. The van der Waals surface area contributed by atoms with Crippen LogP contribution in [0.4, 0.5) is 0 Å². The summed E-state index contributed by atoms with van der Waals surface area (Å²) in [4.78, 5) is 15.7. The SMILES string of the molecule is C[C@@H]1Oc2ccc(/C=N\NC(=O)c3ccccn3)cc2O1. The highest BCUT2D eigenvalue weighted by molar-refractivity contribution is 5.93. The second-order valence-electron chi connectivity index (χ2n) is 4.42. The van der Waals surface area contributed by atoms with Gasteiger partial charge in [0.1, 0.15) is 5.69 Å². The number of rotatable bonds is 3. The summed E-state index contributed by atoms with van der Waals surface area (Å²) in [7, 11) is 0. The summed E-state index contributed by atoms with van der Waals surface area (Å²) < 4.78 is 10.9. The average molecular weight is 283 g/mol.